The summed E-state index contributed by atoms with van der Waals surface area (Å²) < 4.78 is 5.34. The monoisotopic (exact) mass is 936 g/mol. The molecule has 0 radical (unpaired) electrons. The smallest absolute Gasteiger partial charge is 0.166 e. The van der Waals surface area contributed by atoms with Crippen molar-refractivity contribution in [2.75, 3.05) is 7.11 Å². The summed E-state index contributed by atoms with van der Waals surface area (Å²) in [5, 5.41) is 2.99. The predicted octanol–water partition coefficient (Wildman–Crippen LogP) is 13.4. The van der Waals surface area contributed by atoms with Gasteiger partial charge in [0.2, 0.25) is 0 Å². The molecule has 0 saturated heterocycles. The van der Waals surface area contributed by atoms with E-state index in [0.717, 1.165) is 78.0 Å². The van der Waals surface area contributed by atoms with Crippen molar-refractivity contribution in [3.63, 3.8) is 0 Å². The number of methoxy groups -OCH3 is 1. The van der Waals surface area contributed by atoms with Crippen molar-refractivity contribution in [3.05, 3.63) is 244 Å². The third-order valence-corrected chi connectivity index (χ3v) is 11.6. The van der Waals surface area contributed by atoms with E-state index in [0.29, 0.717) is 17.4 Å². The summed E-state index contributed by atoms with van der Waals surface area (Å²) in [5.41, 5.74) is 19.3. The van der Waals surface area contributed by atoms with Gasteiger partial charge in [-0.1, -0.05) is 162 Å². The van der Waals surface area contributed by atoms with Gasteiger partial charge >= 0.3 is 0 Å². The minimum absolute atomic E-state index is 0.245. The molecule has 9 nitrogen and oxygen atoms in total. The number of ether oxygens (including phenoxy) is 1. The van der Waals surface area contributed by atoms with Gasteiger partial charge in [-0.25, -0.2) is 24.9 Å². The second-order valence-corrected chi connectivity index (χ2v) is 16.3. The summed E-state index contributed by atoms with van der Waals surface area (Å²) in [4.78, 5) is 30.4. The van der Waals surface area contributed by atoms with Gasteiger partial charge in [0.1, 0.15) is 5.75 Å². The highest BCUT2D eigenvalue weighted by molar-refractivity contribution is 6.40. The van der Waals surface area contributed by atoms with Crippen LogP contribution < -0.4 is 10.5 Å². The standard InChI is InChI=1S/C31H26N2O.C20H15ClN4.C4H2Cl2N2/c1-22-8-11-26(12-9-22)31(27-14-17-28(34-2)18-15-27)32-21-23-10-13-25-16-19-29(33-30(25)20-23)24-6-4-3-5-7-24;21-20-19(23-10-11-24-20)18(22)15-7-6-14-8-9-16(25-17(14)12-15)13-4-2-1-3-5-13;5-3-4(6)8-2-1-7-3/h3-20H,21H2,1-2H3;1-12,18H,22H2;1-2H. The van der Waals surface area contributed by atoms with Crippen molar-refractivity contribution in [2.45, 2.75) is 19.5 Å². The Morgan fingerprint density at radius 2 is 1.04 bits per heavy atom. The Morgan fingerprint density at radius 1 is 0.552 bits per heavy atom. The van der Waals surface area contributed by atoms with Gasteiger partial charge in [0.05, 0.1) is 53.5 Å². The molecule has 0 saturated carbocycles. The number of fused-ring (bicyclic) bond motifs is 2. The quantitative estimate of drug-likeness (QED) is 0.142. The Labute approximate surface area is 404 Å². The van der Waals surface area contributed by atoms with Crippen LogP contribution in [0.5, 0.6) is 5.75 Å². The molecule has 12 heteroatoms. The lowest BCUT2D eigenvalue weighted by molar-refractivity contribution is 0.415. The van der Waals surface area contributed by atoms with E-state index in [-0.39, 0.29) is 10.3 Å². The molecule has 0 amide bonds. The molecule has 10 rings (SSSR count). The van der Waals surface area contributed by atoms with E-state index in [1.54, 1.807) is 19.5 Å². The van der Waals surface area contributed by atoms with Crippen molar-refractivity contribution in [2.24, 2.45) is 10.7 Å². The lowest BCUT2D eigenvalue weighted by atomic mass is 10.0. The first kappa shape index (κ1) is 46.1. The number of nitrogens with two attached hydrogens (primary N) is 1. The predicted molar refractivity (Wildman–Crippen MR) is 273 cm³/mol. The van der Waals surface area contributed by atoms with E-state index in [9.17, 15) is 0 Å². The molecule has 67 heavy (non-hydrogen) atoms. The van der Waals surface area contributed by atoms with Gasteiger partial charge in [0.25, 0.3) is 0 Å². The molecule has 0 aliphatic heterocycles. The molecule has 1 unspecified atom stereocenters. The molecule has 4 heterocycles. The highest BCUT2D eigenvalue weighted by atomic mass is 35.5. The van der Waals surface area contributed by atoms with E-state index < -0.39 is 6.04 Å². The van der Waals surface area contributed by atoms with E-state index in [1.165, 1.54) is 18.0 Å². The van der Waals surface area contributed by atoms with Crippen LogP contribution >= 0.6 is 34.8 Å². The molecule has 2 N–H and O–H groups in total. The van der Waals surface area contributed by atoms with E-state index in [2.05, 4.69) is 112 Å². The molecule has 0 spiro atoms. The Balaban J connectivity index is 0.000000161. The highest BCUT2D eigenvalue weighted by Crippen LogP contribution is 2.28. The van der Waals surface area contributed by atoms with Gasteiger partial charge in [0, 0.05) is 57.8 Å². The fraction of sp³-hybridized carbons (Fsp3) is 0.0727. The maximum absolute atomic E-state index is 6.34. The van der Waals surface area contributed by atoms with Crippen molar-refractivity contribution in [3.8, 4) is 28.3 Å². The van der Waals surface area contributed by atoms with E-state index in [1.807, 2.05) is 84.9 Å². The summed E-state index contributed by atoms with van der Waals surface area (Å²) in [6.45, 7) is 2.67. The molecule has 4 aromatic heterocycles. The summed E-state index contributed by atoms with van der Waals surface area (Å²) >= 11 is 16.9. The lowest BCUT2D eigenvalue weighted by Crippen LogP contribution is -2.14. The molecule has 0 aliphatic rings. The van der Waals surface area contributed by atoms with Crippen LogP contribution in [0.1, 0.15) is 39.6 Å². The van der Waals surface area contributed by atoms with Gasteiger partial charge < -0.3 is 10.5 Å². The number of pyridine rings is 2. The zero-order valence-electron chi connectivity index (χ0n) is 36.5. The third kappa shape index (κ3) is 11.9. The molecule has 0 bridgehead atoms. The van der Waals surface area contributed by atoms with Crippen LogP contribution in [0, 0.1) is 6.92 Å². The first-order valence-electron chi connectivity index (χ1n) is 21.2. The molecule has 10 aromatic rings. The summed E-state index contributed by atoms with van der Waals surface area (Å²) in [7, 11) is 1.68. The first-order valence-corrected chi connectivity index (χ1v) is 22.4. The topological polar surface area (TPSA) is 125 Å². The number of nitrogens with zero attached hydrogens (tertiary/aromatic N) is 7. The molecular weight excluding hydrogens is 895 g/mol. The largest absolute Gasteiger partial charge is 0.497 e. The first-order chi connectivity index (χ1) is 32.7. The number of benzene rings is 6. The van der Waals surface area contributed by atoms with Crippen LogP contribution in [-0.2, 0) is 6.54 Å². The number of hydrogen-bond acceptors (Lipinski definition) is 9. The van der Waals surface area contributed by atoms with Gasteiger partial charge in [-0.15, -0.1) is 0 Å². The molecular formula is C55H43Cl3N8O. The Kier molecular flexibility index (Phi) is 15.3. The SMILES string of the molecule is COc1ccc(C(=NCc2ccc3ccc(-c4ccccc4)nc3c2)c2ccc(C)cc2)cc1.Clc1nccnc1Cl.NC(c1ccc2ccc(-c3ccccc3)nc2c1)c1nccnc1Cl. The highest BCUT2D eigenvalue weighted by Gasteiger charge is 2.16. The van der Waals surface area contributed by atoms with Crippen LogP contribution in [0.3, 0.4) is 0 Å². The van der Waals surface area contributed by atoms with Crippen molar-refractivity contribution >= 4 is 62.3 Å². The van der Waals surface area contributed by atoms with Crippen LogP contribution in [0.2, 0.25) is 15.5 Å². The number of halogens is 3. The normalized spacial score (nSPS) is 11.5. The fourth-order valence-corrected chi connectivity index (χ4v) is 7.54. The fourth-order valence-electron chi connectivity index (χ4n) is 7.11. The van der Waals surface area contributed by atoms with Gasteiger partial charge in [-0.05, 0) is 66.6 Å². The maximum atomic E-state index is 6.34. The van der Waals surface area contributed by atoms with Crippen LogP contribution in [0.4, 0.5) is 0 Å². The van der Waals surface area contributed by atoms with Crippen LogP contribution in [0.25, 0.3) is 44.3 Å². The Hall–Kier alpha value is -7.40. The molecule has 330 valence electrons. The lowest BCUT2D eigenvalue weighted by Gasteiger charge is -2.13. The van der Waals surface area contributed by atoms with Gasteiger partial charge in [-0.3, -0.25) is 9.98 Å². The third-order valence-electron chi connectivity index (χ3n) is 10.7. The Morgan fingerprint density at radius 3 is 1.58 bits per heavy atom. The van der Waals surface area contributed by atoms with Gasteiger partial charge in [-0.2, -0.15) is 0 Å². The number of aromatic nitrogens is 6. The maximum Gasteiger partial charge on any atom is 0.166 e. The minimum Gasteiger partial charge on any atom is -0.497 e. The molecule has 6 aromatic carbocycles. The average Bonchev–Trinajstić information content (AvgIpc) is 3.38. The van der Waals surface area contributed by atoms with Crippen molar-refractivity contribution in [1.29, 1.82) is 0 Å². The van der Waals surface area contributed by atoms with Crippen LogP contribution in [0.15, 0.2) is 200 Å². The molecule has 1 atom stereocenters. The average molecular weight is 938 g/mol. The zero-order valence-corrected chi connectivity index (χ0v) is 38.8. The summed E-state index contributed by atoms with van der Waals surface area (Å²) in [6, 6.07) is 57.2. The molecule has 0 aliphatic carbocycles. The number of aliphatic imine (C=N–C) groups is 1. The zero-order chi connectivity index (χ0) is 46.5. The van der Waals surface area contributed by atoms with E-state index in [4.69, 9.17) is 60.2 Å². The van der Waals surface area contributed by atoms with Crippen molar-refractivity contribution < 1.29 is 4.74 Å². The minimum atomic E-state index is -0.451. The Bertz CT molecular complexity index is 3250. The van der Waals surface area contributed by atoms with E-state index >= 15 is 0 Å². The second kappa shape index (κ2) is 22.2. The van der Waals surface area contributed by atoms with Gasteiger partial charge in [0.15, 0.2) is 15.5 Å². The number of hydrogen-bond donors (Lipinski definition) is 1. The summed E-state index contributed by atoms with van der Waals surface area (Å²) in [5.74, 6) is 0.835. The summed E-state index contributed by atoms with van der Waals surface area (Å²) in [6.07, 6.45) is 6.10. The number of aryl methyl sites for hydroxylation is 1. The second-order valence-electron chi connectivity index (χ2n) is 15.2. The molecule has 0 fully saturated rings. The van der Waals surface area contributed by atoms with Crippen molar-refractivity contribution in [1.82, 2.24) is 29.9 Å². The van der Waals surface area contributed by atoms with Crippen LogP contribution in [-0.4, -0.2) is 42.7 Å². The number of rotatable bonds is 9.